The van der Waals surface area contributed by atoms with Crippen LogP contribution in [0.1, 0.15) is 39.0 Å². The van der Waals surface area contributed by atoms with Crippen LogP contribution in [0.25, 0.3) is 0 Å². The summed E-state index contributed by atoms with van der Waals surface area (Å²) in [7, 11) is 0. The minimum Gasteiger partial charge on any atom is -0.481 e. The second-order valence-electron chi connectivity index (χ2n) is 5.09. The minimum atomic E-state index is -0.731. The molecule has 0 spiro atoms. The summed E-state index contributed by atoms with van der Waals surface area (Å²) in [6.45, 7) is 4.50. The number of aliphatic carboxylic acids is 1. The van der Waals surface area contributed by atoms with Gasteiger partial charge in [0.1, 0.15) is 0 Å². The van der Waals surface area contributed by atoms with Gasteiger partial charge in [-0.25, -0.2) is 0 Å². The summed E-state index contributed by atoms with van der Waals surface area (Å²) >= 11 is 0. The second kappa shape index (κ2) is 8.08. The van der Waals surface area contributed by atoms with Crippen molar-refractivity contribution >= 4 is 11.9 Å². The maximum absolute atomic E-state index is 11.8. The lowest BCUT2D eigenvalue weighted by Gasteiger charge is -2.13. The molecule has 0 radical (unpaired) electrons. The molecule has 1 aliphatic rings. The van der Waals surface area contributed by atoms with Crippen molar-refractivity contribution in [3.63, 3.8) is 0 Å². The average molecular weight is 256 g/mol. The summed E-state index contributed by atoms with van der Waals surface area (Å²) in [6, 6.07) is 0. The van der Waals surface area contributed by atoms with E-state index in [1.54, 1.807) is 0 Å². The smallest absolute Gasteiger partial charge is 0.303 e. The molecule has 104 valence electrons. The Kier molecular flexibility index (Phi) is 6.72. The third-order valence-electron chi connectivity index (χ3n) is 3.47. The predicted molar refractivity (Wildman–Crippen MR) is 69.3 cm³/mol. The van der Waals surface area contributed by atoms with Gasteiger partial charge >= 0.3 is 5.97 Å². The summed E-state index contributed by atoms with van der Waals surface area (Å²) in [5.41, 5.74) is 0. The lowest BCUT2D eigenvalue weighted by atomic mass is 9.97. The third kappa shape index (κ3) is 5.49. The summed E-state index contributed by atoms with van der Waals surface area (Å²) in [5.74, 6) is -0.0540. The molecule has 2 atom stereocenters. The van der Waals surface area contributed by atoms with Crippen LogP contribution >= 0.6 is 0 Å². The maximum atomic E-state index is 11.8. The number of amides is 1. The molecule has 0 bridgehead atoms. The molecule has 18 heavy (non-hydrogen) atoms. The van der Waals surface area contributed by atoms with Crippen molar-refractivity contribution in [2.75, 3.05) is 19.6 Å². The first-order valence-corrected chi connectivity index (χ1v) is 6.81. The Bertz CT molecular complexity index is 281. The molecule has 1 heterocycles. The lowest BCUT2D eigenvalue weighted by Crippen LogP contribution is -2.34. The Morgan fingerprint density at radius 1 is 1.22 bits per heavy atom. The van der Waals surface area contributed by atoms with E-state index >= 15 is 0 Å². The van der Waals surface area contributed by atoms with Crippen molar-refractivity contribution in [3.05, 3.63) is 0 Å². The van der Waals surface area contributed by atoms with Crippen molar-refractivity contribution in [1.82, 2.24) is 10.6 Å². The molecule has 1 rings (SSSR count). The highest BCUT2D eigenvalue weighted by molar-refractivity contribution is 5.79. The normalized spacial score (nSPS) is 22.9. The van der Waals surface area contributed by atoms with Crippen LogP contribution in [-0.2, 0) is 9.59 Å². The molecular weight excluding hydrogens is 232 g/mol. The van der Waals surface area contributed by atoms with E-state index in [9.17, 15) is 9.59 Å². The number of carboxylic acid groups (broad SMARTS) is 1. The second-order valence-corrected chi connectivity index (χ2v) is 5.09. The number of nitrogens with one attached hydrogen (secondary N) is 2. The van der Waals surface area contributed by atoms with Gasteiger partial charge in [-0.15, -0.1) is 0 Å². The van der Waals surface area contributed by atoms with E-state index in [1.165, 1.54) is 0 Å². The Morgan fingerprint density at radius 3 is 2.56 bits per heavy atom. The number of hydrogen-bond donors (Lipinski definition) is 3. The molecule has 1 aliphatic heterocycles. The maximum Gasteiger partial charge on any atom is 0.303 e. The van der Waals surface area contributed by atoms with Crippen molar-refractivity contribution < 1.29 is 14.7 Å². The van der Waals surface area contributed by atoms with E-state index in [2.05, 4.69) is 17.6 Å². The topological polar surface area (TPSA) is 78.4 Å². The zero-order valence-electron chi connectivity index (χ0n) is 11.1. The summed E-state index contributed by atoms with van der Waals surface area (Å²) in [5, 5.41) is 14.6. The highest BCUT2D eigenvalue weighted by Gasteiger charge is 2.28. The third-order valence-corrected chi connectivity index (χ3v) is 3.47. The van der Waals surface area contributed by atoms with E-state index in [0.717, 1.165) is 38.8 Å². The van der Waals surface area contributed by atoms with Gasteiger partial charge in [0.25, 0.3) is 0 Å². The van der Waals surface area contributed by atoms with Crippen LogP contribution in [0.15, 0.2) is 0 Å². The van der Waals surface area contributed by atoms with Gasteiger partial charge in [-0.2, -0.15) is 0 Å². The van der Waals surface area contributed by atoms with Gasteiger partial charge in [0.2, 0.25) is 5.91 Å². The molecule has 0 saturated carbocycles. The van der Waals surface area contributed by atoms with Crippen LogP contribution in [-0.4, -0.2) is 36.6 Å². The van der Waals surface area contributed by atoms with E-state index < -0.39 is 5.97 Å². The molecule has 1 fully saturated rings. The fourth-order valence-corrected chi connectivity index (χ4v) is 2.26. The first-order chi connectivity index (χ1) is 8.61. The average Bonchev–Trinajstić information content (AvgIpc) is 2.73. The minimum absolute atomic E-state index is 0.108. The SMILES string of the molecule is CC1CNCC1C(=O)NCCCCCCC(=O)O. The van der Waals surface area contributed by atoms with E-state index in [4.69, 9.17) is 5.11 Å². The van der Waals surface area contributed by atoms with Gasteiger partial charge in [-0.1, -0.05) is 19.8 Å². The van der Waals surface area contributed by atoms with Gasteiger partial charge in [0.15, 0.2) is 0 Å². The number of carbonyl (C=O) groups is 2. The largest absolute Gasteiger partial charge is 0.481 e. The standard InChI is InChI=1S/C13H24N2O3/c1-10-8-14-9-11(10)13(18)15-7-5-3-2-4-6-12(16)17/h10-11,14H,2-9H2,1H3,(H,15,18)(H,16,17). The van der Waals surface area contributed by atoms with Gasteiger partial charge in [0, 0.05) is 19.5 Å². The molecule has 0 aromatic heterocycles. The fourth-order valence-electron chi connectivity index (χ4n) is 2.26. The molecule has 0 aromatic rings. The monoisotopic (exact) mass is 256 g/mol. The highest BCUT2D eigenvalue weighted by Crippen LogP contribution is 2.15. The Hall–Kier alpha value is -1.10. The van der Waals surface area contributed by atoms with Crippen LogP contribution in [0, 0.1) is 11.8 Å². The van der Waals surface area contributed by atoms with Gasteiger partial charge in [-0.3, -0.25) is 9.59 Å². The molecule has 0 aromatic carbocycles. The first-order valence-electron chi connectivity index (χ1n) is 6.81. The fraction of sp³-hybridized carbons (Fsp3) is 0.846. The molecule has 5 heteroatoms. The van der Waals surface area contributed by atoms with Gasteiger partial charge in [0.05, 0.1) is 5.92 Å². The molecule has 1 saturated heterocycles. The quantitative estimate of drug-likeness (QED) is 0.566. The van der Waals surface area contributed by atoms with Crippen molar-refractivity contribution in [2.24, 2.45) is 11.8 Å². The number of rotatable bonds is 8. The van der Waals surface area contributed by atoms with Crippen LogP contribution in [0.3, 0.4) is 0 Å². The molecule has 5 nitrogen and oxygen atoms in total. The van der Waals surface area contributed by atoms with Crippen LogP contribution in [0.4, 0.5) is 0 Å². The van der Waals surface area contributed by atoms with Crippen LogP contribution in [0.2, 0.25) is 0 Å². The number of carbonyl (C=O) groups excluding carboxylic acids is 1. The van der Waals surface area contributed by atoms with E-state index in [0.29, 0.717) is 12.5 Å². The highest BCUT2D eigenvalue weighted by atomic mass is 16.4. The summed E-state index contributed by atoms with van der Waals surface area (Å²) in [4.78, 5) is 22.1. The first kappa shape index (κ1) is 15.0. The molecule has 2 unspecified atom stereocenters. The van der Waals surface area contributed by atoms with E-state index in [-0.39, 0.29) is 18.2 Å². The summed E-state index contributed by atoms with van der Waals surface area (Å²) < 4.78 is 0. The molecular formula is C13H24N2O3. The Morgan fingerprint density at radius 2 is 1.94 bits per heavy atom. The number of hydrogen-bond acceptors (Lipinski definition) is 3. The zero-order chi connectivity index (χ0) is 13.4. The number of unbranched alkanes of at least 4 members (excludes halogenated alkanes) is 3. The van der Waals surface area contributed by atoms with Crippen LogP contribution < -0.4 is 10.6 Å². The van der Waals surface area contributed by atoms with E-state index in [1.807, 2.05) is 0 Å². The van der Waals surface area contributed by atoms with Crippen LogP contribution in [0.5, 0.6) is 0 Å². The predicted octanol–water partition coefficient (Wildman–Crippen LogP) is 0.993. The lowest BCUT2D eigenvalue weighted by molar-refractivity contribution is -0.137. The Labute approximate surface area is 108 Å². The molecule has 0 aliphatic carbocycles. The van der Waals surface area contributed by atoms with Crippen molar-refractivity contribution in [2.45, 2.75) is 39.0 Å². The van der Waals surface area contributed by atoms with Gasteiger partial charge in [-0.05, 0) is 25.3 Å². The molecule has 3 N–H and O–H groups in total. The van der Waals surface area contributed by atoms with Gasteiger partial charge < -0.3 is 15.7 Å². The zero-order valence-corrected chi connectivity index (χ0v) is 11.1. The number of carboxylic acids is 1. The summed E-state index contributed by atoms with van der Waals surface area (Å²) in [6.07, 6.45) is 3.81. The van der Waals surface area contributed by atoms with Crippen molar-refractivity contribution in [3.8, 4) is 0 Å². The van der Waals surface area contributed by atoms with Crippen molar-refractivity contribution in [1.29, 1.82) is 0 Å². The Balaban J connectivity index is 1.97. The molecule has 1 amide bonds.